The van der Waals surface area contributed by atoms with E-state index >= 15 is 0 Å². The number of aryl methyl sites for hydroxylation is 1. The van der Waals surface area contributed by atoms with Crippen molar-refractivity contribution in [3.05, 3.63) is 98.0 Å². The SMILES string of the molecule is CCc1ccccc1N1C(=O)NC(=O)/C(=C/c2ccc(OCc3ccc(Cl)cc3Cl)c(Cl)c2)C1=O. The van der Waals surface area contributed by atoms with Crippen molar-refractivity contribution in [3.63, 3.8) is 0 Å². The van der Waals surface area contributed by atoms with Crippen LogP contribution in [0.2, 0.25) is 15.1 Å². The third-order valence-electron chi connectivity index (χ3n) is 5.38. The molecule has 3 aromatic carbocycles. The summed E-state index contributed by atoms with van der Waals surface area (Å²) in [6.07, 6.45) is 2.00. The minimum absolute atomic E-state index is 0.172. The Morgan fingerprint density at radius 3 is 2.40 bits per heavy atom. The number of hydrogen-bond acceptors (Lipinski definition) is 4. The molecule has 178 valence electrons. The van der Waals surface area contributed by atoms with Crippen molar-refractivity contribution >= 4 is 64.4 Å². The molecule has 4 rings (SSSR count). The molecule has 0 unspecified atom stereocenters. The second-order valence-corrected chi connectivity index (χ2v) is 8.91. The number of benzene rings is 3. The minimum atomic E-state index is -0.791. The van der Waals surface area contributed by atoms with Gasteiger partial charge < -0.3 is 4.74 Å². The number of nitrogens with zero attached hydrogens (tertiary/aromatic N) is 1. The number of amides is 4. The number of nitrogens with one attached hydrogen (secondary N) is 1. The zero-order valence-corrected chi connectivity index (χ0v) is 20.7. The largest absolute Gasteiger partial charge is 0.487 e. The number of ether oxygens (including phenoxy) is 1. The molecule has 0 saturated carbocycles. The van der Waals surface area contributed by atoms with Gasteiger partial charge in [-0.25, -0.2) is 9.69 Å². The number of imide groups is 2. The molecule has 1 fully saturated rings. The van der Waals surface area contributed by atoms with Crippen LogP contribution < -0.4 is 15.0 Å². The van der Waals surface area contributed by atoms with Crippen LogP contribution >= 0.6 is 34.8 Å². The number of urea groups is 1. The molecule has 1 N–H and O–H groups in total. The van der Waals surface area contributed by atoms with Crippen molar-refractivity contribution in [2.24, 2.45) is 0 Å². The summed E-state index contributed by atoms with van der Waals surface area (Å²) in [4.78, 5) is 39.2. The Bertz CT molecular complexity index is 1370. The predicted octanol–water partition coefficient (Wildman–Crippen LogP) is 6.45. The van der Waals surface area contributed by atoms with E-state index in [1.807, 2.05) is 19.1 Å². The highest BCUT2D eigenvalue weighted by Crippen LogP contribution is 2.30. The maximum absolute atomic E-state index is 13.2. The number of anilines is 1. The van der Waals surface area contributed by atoms with Gasteiger partial charge in [-0.3, -0.25) is 14.9 Å². The predicted molar refractivity (Wildman–Crippen MR) is 137 cm³/mol. The van der Waals surface area contributed by atoms with E-state index < -0.39 is 17.8 Å². The first kappa shape index (κ1) is 24.8. The molecule has 0 aromatic heterocycles. The average Bonchev–Trinajstić information content (AvgIpc) is 2.82. The lowest BCUT2D eigenvalue weighted by Gasteiger charge is -2.28. The third kappa shape index (κ3) is 5.35. The maximum atomic E-state index is 13.2. The fourth-order valence-corrected chi connectivity index (χ4v) is 4.30. The van der Waals surface area contributed by atoms with E-state index in [2.05, 4.69) is 5.32 Å². The van der Waals surface area contributed by atoms with Crippen molar-refractivity contribution in [2.75, 3.05) is 4.90 Å². The van der Waals surface area contributed by atoms with Crippen LogP contribution in [0.4, 0.5) is 10.5 Å². The summed E-state index contributed by atoms with van der Waals surface area (Å²) in [5, 5.41) is 3.50. The quantitative estimate of drug-likeness (QED) is 0.294. The Kier molecular flexibility index (Phi) is 7.45. The monoisotopic (exact) mass is 528 g/mol. The first-order valence-corrected chi connectivity index (χ1v) is 11.8. The molecule has 0 aliphatic carbocycles. The van der Waals surface area contributed by atoms with Crippen LogP contribution in [-0.2, 0) is 22.6 Å². The van der Waals surface area contributed by atoms with E-state index in [9.17, 15) is 14.4 Å². The smallest absolute Gasteiger partial charge is 0.335 e. The molecule has 0 bridgehead atoms. The lowest BCUT2D eigenvalue weighted by molar-refractivity contribution is -0.122. The van der Waals surface area contributed by atoms with Gasteiger partial charge in [-0.15, -0.1) is 0 Å². The number of barbiturate groups is 1. The topological polar surface area (TPSA) is 75.7 Å². The Hall–Kier alpha value is -3.32. The van der Waals surface area contributed by atoms with Crippen molar-refractivity contribution in [3.8, 4) is 5.75 Å². The molecule has 6 nitrogen and oxygen atoms in total. The minimum Gasteiger partial charge on any atom is -0.487 e. The summed E-state index contributed by atoms with van der Waals surface area (Å²) in [7, 11) is 0. The first-order valence-electron chi connectivity index (χ1n) is 10.6. The molecule has 9 heteroatoms. The highest BCUT2D eigenvalue weighted by Gasteiger charge is 2.37. The zero-order valence-electron chi connectivity index (χ0n) is 18.5. The highest BCUT2D eigenvalue weighted by molar-refractivity contribution is 6.39. The van der Waals surface area contributed by atoms with Crippen LogP contribution in [0.25, 0.3) is 6.08 Å². The van der Waals surface area contributed by atoms with Gasteiger partial charge in [0.25, 0.3) is 11.8 Å². The molecule has 35 heavy (non-hydrogen) atoms. The van der Waals surface area contributed by atoms with E-state index in [0.717, 1.165) is 16.0 Å². The average molecular weight is 530 g/mol. The summed E-state index contributed by atoms with van der Waals surface area (Å²) in [6.45, 7) is 2.09. The van der Waals surface area contributed by atoms with Gasteiger partial charge in [0.05, 0.1) is 10.7 Å². The molecule has 1 aliphatic heterocycles. The Labute approximate surface area is 217 Å². The van der Waals surface area contributed by atoms with Gasteiger partial charge in [-0.2, -0.15) is 0 Å². The summed E-state index contributed by atoms with van der Waals surface area (Å²) in [5.74, 6) is -1.10. The number of para-hydroxylation sites is 1. The van der Waals surface area contributed by atoms with Crippen LogP contribution in [0, 0.1) is 0 Å². The van der Waals surface area contributed by atoms with Crippen molar-refractivity contribution in [1.29, 1.82) is 0 Å². The molecule has 4 amide bonds. The second-order valence-electron chi connectivity index (χ2n) is 7.65. The number of hydrogen-bond donors (Lipinski definition) is 1. The molecular formula is C26H19Cl3N2O4. The van der Waals surface area contributed by atoms with Gasteiger partial charge in [-0.05, 0) is 54.0 Å². The molecule has 3 aromatic rings. The van der Waals surface area contributed by atoms with E-state index in [4.69, 9.17) is 39.5 Å². The van der Waals surface area contributed by atoms with Gasteiger partial charge in [0.2, 0.25) is 0 Å². The number of carbonyl (C=O) groups is 3. The number of carbonyl (C=O) groups excluding carboxylic acids is 3. The Morgan fingerprint density at radius 2 is 1.69 bits per heavy atom. The summed E-state index contributed by atoms with van der Waals surface area (Å²) in [6, 6.07) is 16.2. The lowest BCUT2D eigenvalue weighted by Crippen LogP contribution is -2.54. The molecule has 1 saturated heterocycles. The molecule has 1 aliphatic rings. The Morgan fingerprint density at radius 1 is 0.914 bits per heavy atom. The fourth-order valence-electron chi connectivity index (χ4n) is 3.59. The standard InChI is InChI=1S/C26H19Cl3N2O4/c1-2-16-5-3-4-6-22(16)31-25(33)19(24(32)30-26(31)34)11-15-7-10-23(21(29)12-15)35-14-17-8-9-18(27)13-20(17)28/h3-13H,2,14H2,1H3,(H,30,32,34)/b19-11-. The molecular weight excluding hydrogens is 511 g/mol. The Balaban J connectivity index is 1.58. The van der Waals surface area contributed by atoms with E-state index in [-0.39, 0.29) is 17.2 Å². The van der Waals surface area contributed by atoms with Crippen molar-refractivity contribution < 1.29 is 19.1 Å². The molecule has 0 spiro atoms. The maximum Gasteiger partial charge on any atom is 0.335 e. The molecule has 0 radical (unpaired) electrons. The third-order valence-corrected chi connectivity index (χ3v) is 6.26. The van der Waals surface area contributed by atoms with Crippen LogP contribution in [0.3, 0.4) is 0 Å². The summed E-state index contributed by atoms with van der Waals surface area (Å²) < 4.78 is 5.77. The lowest BCUT2D eigenvalue weighted by atomic mass is 10.0. The molecule has 1 heterocycles. The first-order chi connectivity index (χ1) is 16.8. The fraction of sp³-hybridized carbons (Fsp3) is 0.115. The van der Waals surface area contributed by atoms with Gasteiger partial charge in [-0.1, -0.05) is 72.1 Å². The number of rotatable bonds is 6. The van der Waals surface area contributed by atoms with Crippen molar-refractivity contribution in [1.82, 2.24) is 5.32 Å². The van der Waals surface area contributed by atoms with E-state index in [0.29, 0.717) is 33.5 Å². The van der Waals surface area contributed by atoms with Crippen LogP contribution in [-0.4, -0.2) is 17.8 Å². The normalized spacial score (nSPS) is 14.9. The summed E-state index contributed by atoms with van der Waals surface area (Å²) >= 11 is 18.5. The van der Waals surface area contributed by atoms with Gasteiger partial charge >= 0.3 is 6.03 Å². The van der Waals surface area contributed by atoms with Crippen LogP contribution in [0.15, 0.2) is 66.2 Å². The van der Waals surface area contributed by atoms with Gasteiger partial charge in [0.1, 0.15) is 17.9 Å². The van der Waals surface area contributed by atoms with Gasteiger partial charge in [0, 0.05) is 15.6 Å². The van der Waals surface area contributed by atoms with Crippen LogP contribution in [0.1, 0.15) is 23.6 Å². The number of halogens is 3. The van der Waals surface area contributed by atoms with Gasteiger partial charge in [0.15, 0.2) is 0 Å². The van der Waals surface area contributed by atoms with E-state index in [1.54, 1.807) is 48.5 Å². The highest BCUT2D eigenvalue weighted by atomic mass is 35.5. The second kappa shape index (κ2) is 10.5. The van der Waals surface area contributed by atoms with E-state index in [1.165, 1.54) is 6.08 Å². The van der Waals surface area contributed by atoms with Crippen LogP contribution in [0.5, 0.6) is 5.75 Å². The zero-order chi connectivity index (χ0) is 25.1. The molecule has 0 atom stereocenters. The van der Waals surface area contributed by atoms with Crippen molar-refractivity contribution in [2.45, 2.75) is 20.0 Å². The summed E-state index contributed by atoms with van der Waals surface area (Å²) in [5.41, 5.74) is 2.27.